The first-order valence-electron chi connectivity index (χ1n) is 15.3. The highest BCUT2D eigenvalue weighted by molar-refractivity contribution is 5.71. The molecule has 0 radical (unpaired) electrons. The molecule has 0 rings (SSSR count). The van der Waals surface area contributed by atoms with Crippen molar-refractivity contribution in [1.82, 2.24) is 5.32 Å². The number of rotatable bonds is 28. The molecule has 0 saturated heterocycles. The molecular weight excluding hydrogens is 502 g/mol. The lowest BCUT2D eigenvalue weighted by Crippen LogP contribution is -2.49. The van der Waals surface area contributed by atoms with Crippen molar-refractivity contribution in [2.24, 2.45) is 0 Å². The van der Waals surface area contributed by atoms with Gasteiger partial charge in [0.1, 0.15) is 0 Å². The van der Waals surface area contributed by atoms with E-state index in [9.17, 15) is 19.2 Å². The fourth-order valence-corrected chi connectivity index (χ4v) is 4.85. The Bertz CT molecular complexity index is 622. The molecule has 0 aliphatic heterocycles. The van der Waals surface area contributed by atoms with Crippen LogP contribution >= 0.6 is 0 Å². The van der Waals surface area contributed by atoms with Gasteiger partial charge in [0.2, 0.25) is 0 Å². The molecule has 0 fully saturated rings. The highest BCUT2D eigenvalue weighted by Gasteiger charge is 2.34. The lowest BCUT2D eigenvalue weighted by Gasteiger charge is -2.33. The van der Waals surface area contributed by atoms with E-state index in [0.717, 1.165) is 19.3 Å². The van der Waals surface area contributed by atoms with Gasteiger partial charge in [-0.05, 0) is 25.7 Å². The van der Waals surface area contributed by atoms with E-state index in [1.807, 2.05) is 0 Å². The minimum absolute atomic E-state index is 0.0723. The van der Waals surface area contributed by atoms with E-state index in [2.05, 4.69) is 12.2 Å². The Balaban J connectivity index is 4.01. The van der Waals surface area contributed by atoms with Crippen molar-refractivity contribution in [1.29, 1.82) is 0 Å². The third-order valence-electron chi connectivity index (χ3n) is 7.30. The number of carbonyl (C=O) groups is 4. The van der Waals surface area contributed by atoms with Gasteiger partial charge in [-0.15, -0.1) is 0 Å². The number of aliphatic carboxylic acids is 3. The summed E-state index contributed by atoms with van der Waals surface area (Å²) < 4.78 is 5.25. The Hall–Kier alpha value is -2.32. The molecule has 0 aliphatic carbocycles. The molecule has 0 unspecified atom stereocenters. The third-order valence-corrected chi connectivity index (χ3v) is 7.30. The van der Waals surface area contributed by atoms with Gasteiger partial charge in [0.15, 0.2) is 0 Å². The number of hydrogen-bond acceptors (Lipinski definition) is 5. The van der Waals surface area contributed by atoms with E-state index in [0.29, 0.717) is 6.42 Å². The average molecular weight is 558 g/mol. The first-order valence-corrected chi connectivity index (χ1v) is 15.3. The molecule has 228 valence electrons. The number of unbranched alkanes of at least 4 members (excludes halogenated alkanes) is 16. The molecule has 0 aromatic rings. The average Bonchev–Trinajstić information content (AvgIpc) is 2.88. The molecule has 0 saturated carbocycles. The monoisotopic (exact) mass is 557 g/mol. The predicted molar refractivity (Wildman–Crippen MR) is 152 cm³/mol. The number of nitrogens with one attached hydrogen (secondary N) is 1. The van der Waals surface area contributed by atoms with Crippen LogP contribution in [0.1, 0.15) is 155 Å². The summed E-state index contributed by atoms with van der Waals surface area (Å²) in [6, 6.07) is 0. The molecule has 4 N–H and O–H groups in total. The Morgan fingerprint density at radius 2 is 0.846 bits per heavy atom. The van der Waals surface area contributed by atoms with Crippen LogP contribution in [0.4, 0.5) is 4.79 Å². The Labute approximate surface area is 235 Å². The Morgan fingerprint density at radius 1 is 0.538 bits per heavy atom. The van der Waals surface area contributed by atoms with E-state index in [1.54, 1.807) is 0 Å². The molecule has 9 nitrogen and oxygen atoms in total. The van der Waals surface area contributed by atoms with Gasteiger partial charge in [0.25, 0.3) is 0 Å². The van der Waals surface area contributed by atoms with Gasteiger partial charge < -0.3 is 25.4 Å². The molecule has 0 atom stereocenters. The van der Waals surface area contributed by atoms with Crippen molar-refractivity contribution >= 4 is 24.0 Å². The van der Waals surface area contributed by atoms with Crippen LogP contribution in [0, 0.1) is 0 Å². The first-order chi connectivity index (χ1) is 18.7. The maximum Gasteiger partial charge on any atom is 0.407 e. The number of carboxylic acids is 3. The lowest BCUT2D eigenvalue weighted by molar-refractivity contribution is -0.137. The van der Waals surface area contributed by atoms with Crippen molar-refractivity contribution in [2.75, 3.05) is 6.61 Å². The molecule has 0 bridgehead atoms. The summed E-state index contributed by atoms with van der Waals surface area (Å²) in [6.45, 7) is 2.46. The van der Waals surface area contributed by atoms with Gasteiger partial charge in [-0.2, -0.15) is 0 Å². The molecule has 0 spiro atoms. The van der Waals surface area contributed by atoms with E-state index >= 15 is 0 Å². The van der Waals surface area contributed by atoms with Crippen LogP contribution in [0.3, 0.4) is 0 Å². The number of amides is 1. The van der Waals surface area contributed by atoms with Crippen LogP contribution in [0.25, 0.3) is 0 Å². The summed E-state index contributed by atoms with van der Waals surface area (Å²) in [4.78, 5) is 45.6. The van der Waals surface area contributed by atoms with Crippen molar-refractivity contribution in [2.45, 2.75) is 160 Å². The fourth-order valence-electron chi connectivity index (χ4n) is 4.85. The van der Waals surface area contributed by atoms with Crippen LogP contribution in [0.15, 0.2) is 0 Å². The molecular formula is C30H55NO8. The quantitative estimate of drug-likeness (QED) is 0.0714. The van der Waals surface area contributed by atoms with Crippen molar-refractivity contribution in [3.8, 4) is 0 Å². The highest BCUT2D eigenvalue weighted by atomic mass is 16.5. The van der Waals surface area contributed by atoms with Crippen LogP contribution < -0.4 is 5.32 Å². The van der Waals surface area contributed by atoms with Gasteiger partial charge in [0, 0.05) is 24.8 Å². The first kappa shape index (κ1) is 36.7. The standard InChI is InChI=1S/C30H55NO8/c1-2-3-4-5-6-7-8-9-10-11-12-13-14-15-16-17-18-25-39-29(38)31-30(22-19-26(32)33,23-20-27(34)35)24-21-28(36)37/h2-25H2,1H3,(H,31,38)(H,32,33)(H,34,35)(H,36,37). The van der Waals surface area contributed by atoms with E-state index in [1.165, 1.54) is 83.5 Å². The van der Waals surface area contributed by atoms with E-state index in [-0.39, 0.29) is 45.1 Å². The van der Waals surface area contributed by atoms with Crippen LogP contribution in [-0.2, 0) is 19.1 Å². The molecule has 0 aromatic carbocycles. The number of carbonyl (C=O) groups excluding carboxylic acids is 1. The van der Waals surface area contributed by atoms with E-state index < -0.39 is 29.5 Å². The van der Waals surface area contributed by atoms with E-state index in [4.69, 9.17) is 20.1 Å². The minimum Gasteiger partial charge on any atom is -0.481 e. The molecule has 1 amide bonds. The summed E-state index contributed by atoms with van der Waals surface area (Å²) in [5.74, 6) is -3.32. The predicted octanol–water partition coefficient (Wildman–Crippen LogP) is 7.70. The highest BCUT2D eigenvalue weighted by Crippen LogP contribution is 2.26. The van der Waals surface area contributed by atoms with Crippen LogP contribution in [0.2, 0.25) is 0 Å². The fraction of sp³-hybridized carbons (Fsp3) is 0.867. The molecule has 39 heavy (non-hydrogen) atoms. The zero-order valence-electron chi connectivity index (χ0n) is 24.4. The van der Waals surface area contributed by atoms with Gasteiger partial charge in [0.05, 0.1) is 6.61 Å². The topological polar surface area (TPSA) is 150 Å². The maximum absolute atomic E-state index is 12.4. The second kappa shape index (κ2) is 24.7. The summed E-state index contributed by atoms with van der Waals surface area (Å²) in [7, 11) is 0. The van der Waals surface area contributed by atoms with Gasteiger partial charge in [-0.1, -0.05) is 110 Å². The normalized spacial score (nSPS) is 11.3. The van der Waals surface area contributed by atoms with Gasteiger partial charge in [-0.3, -0.25) is 14.4 Å². The van der Waals surface area contributed by atoms with Crippen molar-refractivity contribution in [3.05, 3.63) is 0 Å². The number of alkyl carbamates (subject to hydrolysis) is 1. The molecule has 0 heterocycles. The summed E-state index contributed by atoms with van der Waals surface area (Å²) in [6.07, 6.45) is 19.4. The zero-order valence-corrected chi connectivity index (χ0v) is 24.4. The molecule has 0 aromatic heterocycles. The maximum atomic E-state index is 12.4. The number of hydrogen-bond donors (Lipinski definition) is 4. The lowest BCUT2D eigenvalue weighted by atomic mass is 9.83. The summed E-state index contributed by atoms with van der Waals surface area (Å²) in [5, 5.41) is 29.8. The van der Waals surface area contributed by atoms with Gasteiger partial charge >= 0.3 is 24.0 Å². The van der Waals surface area contributed by atoms with Crippen LogP contribution in [-0.4, -0.2) is 51.5 Å². The summed E-state index contributed by atoms with van der Waals surface area (Å²) >= 11 is 0. The number of ether oxygens (including phenoxy) is 1. The Morgan fingerprint density at radius 3 is 1.15 bits per heavy atom. The zero-order chi connectivity index (χ0) is 29.2. The van der Waals surface area contributed by atoms with Crippen molar-refractivity contribution in [3.63, 3.8) is 0 Å². The minimum atomic E-state index is -1.26. The molecule has 9 heteroatoms. The Kier molecular flexibility index (Phi) is 23.2. The summed E-state index contributed by atoms with van der Waals surface area (Å²) in [5.41, 5.74) is -1.26. The van der Waals surface area contributed by atoms with Crippen molar-refractivity contribution < 1.29 is 39.2 Å². The van der Waals surface area contributed by atoms with Gasteiger partial charge in [-0.25, -0.2) is 4.79 Å². The SMILES string of the molecule is CCCCCCCCCCCCCCCCCCCOC(=O)NC(CCC(=O)O)(CCC(=O)O)CCC(=O)O. The second-order valence-corrected chi connectivity index (χ2v) is 10.9. The second-order valence-electron chi connectivity index (χ2n) is 10.9. The molecule has 0 aliphatic rings. The van der Waals surface area contributed by atoms with Crippen LogP contribution in [0.5, 0.6) is 0 Å². The largest absolute Gasteiger partial charge is 0.481 e. The number of carboxylic acid groups (broad SMARTS) is 3. The third kappa shape index (κ3) is 24.5. The smallest absolute Gasteiger partial charge is 0.407 e.